The molecular formula is C20H24N6O2. The summed E-state index contributed by atoms with van der Waals surface area (Å²) in [5.41, 5.74) is 1.68. The summed E-state index contributed by atoms with van der Waals surface area (Å²) < 4.78 is 1.81. The first kappa shape index (κ1) is 18.4. The Labute approximate surface area is 163 Å². The van der Waals surface area contributed by atoms with Crippen LogP contribution in [0, 0.1) is 6.92 Å². The Bertz CT molecular complexity index is 987. The van der Waals surface area contributed by atoms with Crippen LogP contribution in [0.2, 0.25) is 0 Å². The number of benzene rings is 1. The van der Waals surface area contributed by atoms with Crippen LogP contribution in [0.25, 0.3) is 11.0 Å². The van der Waals surface area contributed by atoms with Gasteiger partial charge in [0.15, 0.2) is 0 Å². The van der Waals surface area contributed by atoms with E-state index in [1.807, 2.05) is 46.7 Å². The Balaban J connectivity index is 1.37. The second-order valence-corrected chi connectivity index (χ2v) is 7.40. The Kier molecular flexibility index (Phi) is 4.95. The molecule has 1 saturated heterocycles. The zero-order chi connectivity index (χ0) is 19.6. The van der Waals surface area contributed by atoms with E-state index in [9.17, 15) is 9.90 Å². The van der Waals surface area contributed by atoms with Crippen molar-refractivity contribution in [1.29, 1.82) is 0 Å². The van der Waals surface area contributed by atoms with Gasteiger partial charge in [-0.05, 0) is 31.9 Å². The maximum atomic E-state index is 12.4. The molecule has 1 atom stereocenters. The standard InChI is InChI=1S/C20H24N6O2/c1-15-9-18(23-13-22-15)25-8-4-7-20(28,12-25)11-21-19(27)10-26-14-24-16-5-2-3-6-17(16)26/h2-3,5-6,9,13-14,28H,4,7-8,10-12H2,1H3,(H,21,27). The topological polar surface area (TPSA) is 96.2 Å². The number of aliphatic hydroxyl groups is 1. The summed E-state index contributed by atoms with van der Waals surface area (Å²) in [6.07, 6.45) is 4.68. The monoisotopic (exact) mass is 380 g/mol. The normalized spacial score (nSPS) is 19.7. The first-order valence-electron chi connectivity index (χ1n) is 9.45. The molecule has 2 aromatic heterocycles. The number of aromatic nitrogens is 4. The Hall–Kier alpha value is -3.00. The van der Waals surface area contributed by atoms with Crippen molar-refractivity contribution < 1.29 is 9.90 Å². The van der Waals surface area contributed by atoms with Crippen LogP contribution in [-0.2, 0) is 11.3 Å². The van der Waals surface area contributed by atoms with Crippen LogP contribution >= 0.6 is 0 Å². The highest BCUT2D eigenvalue weighted by atomic mass is 16.3. The third-order valence-corrected chi connectivity index (χ3v) is 5.12. The van der Waals surface area contributed by atoms with Crippen molar-refractivity contribution in [3.8, 4) is 0 Å². The number of aryl methyl sites for hydroxylation is 1. The van der Waals surface area contributed by atoms with E-state index in [-0.39, 0.29) is 19.0 Å². The van der Waals surface area contributed by atoms with Crippen molar-refractivity contribution in [3.05, 3.63) is 48.7 Å². The van der Waals surface area contributed by atoms with Crippen LogP contribution in [0.5, 0.6) is 0 Å². The second kappa shape index (κ2) is 7.55. The number of hydrogen-bond acceptors (Lipinski definition) is 6. The van der Waals surface area contributed by atoms with Gasteiger partial charge in [0, 0.05) is 31.4 Å². The number of anilines is 1. The number of piperidine rings is 1. The number of nitrogens with zero attached hydrogens (tertiary/aromatic N) is 5. The minimum absolute atomic E-state index is 0.147. The molecule has 3 heterocycles. The summed E-state index contributed by atoms with van der Waals surface area (Å²) in [5.74, 6) is 0.661. The smallest absolute Gasteiger partial charge is 0.240 e. The molecule has 4 rings (SSSR count). The molecule has 0 aliphatic carbocycles. The number of hydrogen-bond donors (Lipinski definition) is 2. The van der Waals surface area contributed by atoms with E-state index in [0.717, 1.165) is 35.5 Å². The summed E-state index contributed by atoms with van der Waals surface area (Å²) in [7, 11) is 0. The number of fused-ring (bicyclic) bond motifs is 1. The largest absolute Gasteiger partial charge is 0.386 e. The molecule has 0 bridgehead atoms. The molecule has 146 valence electrons. The van der Waals surface area contributed by atoms with Crippen molar-refractivity contribution in [2.45, 2.75) is 31.9 Å². The van der Waals surface area contributed by atoms with E-state index in [2.05, 4.69) is 20.3 Å². The fourth-order valence-electron chi connectivity index (χ4n) is 3.68. The summed E-state index contributed by atoms with van der Waals surface area (Å²) in [6, 6.07) is 9.61. The molecular weight excluding hydrogens is 356 g/mol. The van der Waals surface area contributed by atoms with Crippen molar-refractivity contribution in [3.63, 3.8) is 0 Å². The third-order valence-electron chi connectivity index (χ3n) is 5.12. The highest BCUT2D eigenvalue weighted by Gasteiger charge is 2.34. The summed E-state index contributed by atoms with van der Waals surface area (Å²) in [4.78, 5) is 27.2. The Morgan fingerprint density at radius 3 is 3.00 bits per heavy atom. The molecule has 1 aliphatic heterocycles. The molecule has 1 aromatic carbocycles. The molecule has 0 spiro atoms. The number of amides is 1. The second-order valence-electron chi connectivity index (χ2n) is 7.40. The lowest BCUT2D eigenvalue weighted by atomic mass is 9.92. The lowest BCUT2D eigenvalue weighted by Gasteiger charge is -2.39. The molecule has 3 aromatic rings. The fourth-order valence-corrected chi connectivity index (χ4v) is 3.68. The van der Waals surface area contributed by atoms with Gasteiger partial charge in [-0.15, -0.1) is 0 Å². The number of nitrogens with one attached hydrogen (secondary N) is 1. The van der Waals surface area contributed by atoms with Gasteiger partial charge >= 0.3 is 0 Å². The lowest BCUT2D eigenvalue weighted by molar-refractivity contribution is -0.123. The molecule has 8 nitrogen and oxygen atoms in total. The minimum atomic E-state index is -0.982. The number of carbonyl (C=O) groups excluding carboxylic acids is 1. The number of carbonyl (C=O) groups is 1. The zero-order valence-electron chi connectivity index (χ0n) is 15.9. The maximum Gasteiger partial charge on any atom is 0.240 e. The molecule has 8 heteroatoms. The van der Waals surface area contributed by atoms with Crippen molar-refractivity contribution >= 4 is 22.8 Å². The van der Waals surface area contributed by atoms with Gasteiger partial charge in [-0.2, -0.15) is 0 Å². The van der Waals surface area contributed by atoms with Crippen LogP contribution in [0.15, 0.2) is 43.0 Å². The fraction of sp³-hybridized carbons (Fsp3) is 0.400. The van der Waals surface area contributed by atoms with E-state index in [4.69, 9.17) is 0 Å². The van der Waals surface area contributed by atoms with Gasteiger partial charge in [-0.25, -0.2) is 15.0 Å². The zero-order valence-corrected chi connectivity index (χ0v) is 15.9. The van der Waals surface area contributed by atoms with Gasteiger partial charge in [-0.1, -0.05) is 12.1 Å². The van der Waals surface area contributed by atoms with Gasteiger partial charge in [0.1, 0.15) is 18.7 Å². The van der Waals surface area contributed by atoms with Crippen molar-refractivity contribution in [1.82, 2.24) is 24.8 Å². The van der Waals surface area contributed by atoms with Gasteiger partial charge in [-0.3, -0.25) is 4.79 Å². The van der Waals surface area contributed by atoms with Crippen LogP contribution in [0.3, 0.4) is 0 Å². The maximum absolute atomic E-state index is 12.4. The summed E-state index contributed by atoms with van der Waals surface area (Å²) in [6.45, 7) is 3.55. The average Bonchev–Trinajstić information content (AvgIpc) is 3.10. The first-order valence-corrected chi connectivity index (χ1v) is 9.45. The molecule has 28 heavy (non-hydrogen) atoms. The SMILES string of the molecule is Cc1cc(N2CCCC(O)(CNC(=O)Cn3cnc4ccccc43)C2)ncn1. The van der Waals surface area contributed by atoms with E-state index >= 15 is 0 Å². The molecule has 2 N–H and O–H groups in total. The van der Waals surface area contributed by atoms with E-state index in [1.165, 1.54) is 6.33 Å². The summed E-state index contributed by atoms with van der Waals surface area (Å²) in [5, 5.41) is 13.9. The molecule has 1 amide bonds. The van der Waals surface area contributed by atoms with Gasteiger partial charge in [0.2, 0.25) is 5.91 Å². The van der Waals surface area contributed by atoms with E-state index < -0.39 is 5.60 Å². The average molecular weight is 380 g/mol. The number of β-amino-alcohol motifs (C(OH)–C–C–N with tert-alkyl or cyclic N) is 1. The van der Waals surface area contributed by atoms with E-state index in [0.29, 0.717) is 13.0 Å². The van der Waals surface area contributed by atoms with Gasteiger partial charge in [0.05, 0.1) is 23.0 Å². The van der Waals surface area contributed by atoms with Gasteiger partial charge in [0.25, 0.3) is 0 Å². The predicted octanol–water partition coefficient (Wildman–Crippen LogP) is 1.28. The number of para-hydroxylation sites is 2. The third kappa shape index (κ3) is 3.96. The first-order chi connectivity index (χ1) is 13.5. The van der Waals surface area contributed by atoms with Crippen LogP contribution in [0.4, 0.5) is 5.82 Å². The Morgan fingerprint density at radius 2 is 2.14 bits per heavy atom. The predicted molar refractivity (Wildman–Crippen MR) is 106 cm³/mol. The highest BCUT2D eigenvalue weighted by Crippen LogP contribution is 2.24. The van der Waals surface area contributed by atoms with Crippen LogP contribution in [-0.4, -0.2) is 55.8 Å². The highest BCUT2D eigenvalue weighted by molar-refractivity contribution is 5.80. The van der Waals surface area contributed by atoms with Crippen LogP contribution in [0.1, 0.15) is 18.5 Å². The number of rotatable bonds is 5. The quantitative estimate of drug-likeness (QED) is 0.692. The van der Waals surface area contributed by atoms with E-state index in [1.54, 1.807) is 6.33 Å². The lowest BCUT2D eigenvalue weighted by Crippen LogP contribution is -2.54. The summed E-state index contributed by atoms with van der Waals surface area (Å²) >= 11 is 0. The van der Waals surface area contributed by atoms with Crippen molar-refractivity contribution in [2.75, 3.05) is 24.5 Å². The minimum Gasteiger partial charge on any atom is -0.386 e. The molecule has 1 unspecified atom stereocenters. The van der Waals surface area contributed by atoms with Crippen molar-refractivity contribution in [2.24, 2.45) is 0 Å². The number of imidazole rings is 1. The Morgan fingerprint density at radius 1 is 1.29 bits per heavy atom. The van der Waals surface area contributed by atoms with Crippen LogP contribution < -0.4 is 10.2 Å². The molecule has 0 saturated carbocycles. The molecule has 0 radical (unpaired) electrons. The molecule has 1 fully saturated rings. The van der Waals surface area contributed by atoms with Gasteiger partial charge < -0.3 is 19.9 Å². The molecule has 1 aliphatic rings.